The monoisotopic (exact) mass is 395 g/mol. The Morgan fingerprint density at radius 1 is 1.10 bits per heavy atom. The number of anilines is 1. The third kappa shape index (κ3) is 5.28. The number of benzene rings is 2. The van der Waals surface area contributed by atoms with E-state index in [4.69, 9.17) is 4.74 Å². The van der Waals surface area contributed by atoms with E-state index in [1.54, 1.807) is 36.3 Å². The summed E-state index contributed by atoms with van der Waals surface area (Å²) in [6.07, 6.45) is 1.56. The summed E-state index contributed by atoms with van der Waals surface area (Å²) in [6, 6.07) is 15.1. The molecule has 1 fully saturated rings. The summed E-state index contributed by atoms with van der Waals surface area (Å²) in [5.41, 5.74) is 2.36. The Morgan fingerprint density at radius 3 is 2.45 bits per heavy atom. The van der Waals surface area contributed by atoms with Gasteiger partial charge < -0.3 is 20.3 Å². The lowest BCUT2D eigenvalue weighted by atomic mass is 9.81. The Bertz CT molecular complexity index is 849. The van der Waals surface area contributed by atoms with Gasteiger partial charge in [-0.15, -0.1) is 0 Å². The second kappa shape index (κ2) is 8.99. The summed E-state index contributed by atoms with van der Waals surface area (Å²) in [7, 11) is 1.60. The quantitative estimate of drug-likeness (QED) is 0.805. The number of rotatable bonds is 5. The van der Waals surface area contributed by atoms with Crippen molar-refractivity contribution in [3.63, 3.8) is 0 Å². The molecule has 1 saturated heterocycles. The predicted octanol–water partition coefficient (Wildman–Crippen LogP) is 3.95. The molecule has 2 N–H and O–H groups in total. The number of ether oxygens (including phenoxy) is 1. The summed E-state index contributed by atoms with van der Waals surface area (Å²) >= 11 is 0. The summed E-state index contributed by atoms with van der Waals surface area (Å²) in [5.74, 6) is 0.721. The fourth-order valence-electron chi connectivity index (χ4n) is 3.58. The standard InChI is InChI=1S/C23H29N3O3/c1-17-5-7-18(8-6-17)15-24-21(27)23(2)13-4-14-26(16-23)22(28)25-19-9-11-20(29-3)12-10-19/h5-12H,4,13-16H2,1-3H3,(H,24,27)(H,25,28). The van der Waals surface area contributed by atoms with Crippen LogP contribution in [0, 0.1) is 12.3 Å². The first-order valence-corrected chi connectivity index (χ1v) is 9.93. The van der Waals surface area contributed by atoms with E-state index in [1.807, 2.05) is 38.1 Å². The van der Waals surface area contributed by atoms with Gasteiger partial charge in [-0.2, -0.15) is 0 Å². The molecule has 0 spiro atoms. The van der Waals surface area contributed by atoms with E-state index >= 15 is 0 Å². The molecule has 154 valence electrons. The van der Waals surface area contributed by atoms with Gasteiger partial charge in [0, 0.05) is 25.3 Å². The molecule has 0 aromatic heterocycles. The molecular formula is C23H29N3O3. The second-order valence-corrected chi connectivity index (χ2v) is 7.91. The number of likely N-dealkylation sites (tertiary alicyclic amines) is 1. The molecule has 3 amide bonds. The number of methoxy groups -OCH3 is 1. The van der Waals surface area contributed by atoms with Gasteiger partial charge in [0.1, 0.15) is 5.75 Å². The number of hydrogen-bond donors (Lipinski definition) is 2. The fraction of sp³-hybridized carbons (Fsp3) is 0.391. The van der Waals surface area contributed by atoms with Gasteiger partial charge >= 0.3 is 6.03 Å². The van der Waals surface area contributed by atoms with E-state index in [0.29, 0.717) is 25.3 Å². The zero-order valence-corrected chi connectivity index (χ0v) is 17.3. The minimum Gasteiger partial charge on any atom is -0.497 e. The molecular weight excluding hydrogens is 366 g/mol. The number of piperidine rings is 1. The number of hydrogen-bond acceptors (Lipinski definition) is 3. The lowest BCUT2D eigenvalue weighted by molar-refractivity contribution is -0.132. The van der Waals surface area contributed by atoms with Crippen LogP contribution >= 0.6 is 0 Å². The Balaban J connectivity index is 1.57. The normalized spacial score (nSPS) is 18.8. The first-order chi connectivity index (χ1) is 13.9. The van der Waals surface area contributed by atoms with Gasteiger partial charge in [0.05, 0.1) is 12.5 Å². The molecule has 1 aliphatic heterocycles. The van der Waals surface area contributed by atoms with Gasteiger partial charge in [-0.05, 0) is 56.5 Å². The zero-order chi connectivity index (χ0) is 20.9. The first-order valence-electron chi connectivity index (χ1n) is 9.93. The molecule has 0 aliphatic carbocycles. The van der Waals surface area contributed by atoms with E-state index < -0.39 is 5.41 Å². The lowest BCUT2D eigenvalue weighted by Crippen LogP contribution is -2.52. The van der Waals surface area contributed by atoms with Crippen LogP contribution in [0.2, 0.25) is 0 Å². The van der Waals surface area contributed by atoms with Crippen molar-refractivity contribution in [3.05, 3.63) is 59.7 Å². The number of carbonyl (C=O) groups is 2. The zero-order valence-electron chi connectivity index (χ0n) is 17.3. The Hall–Kier alpha value is -3.02. The van der Waals surface area contributed by atoms with Crippen molar-refractivity contribution in [1.82, 2.24) is 10.2 Å². The molecule has 1 unspecified atom stereocenters. The van der Waals surface area contributed by atoms with Crippen LogP contribution < -0.4 is 15.4 Å². The van der Waals surface area contributed by atoms with Gasteiger partial charge in [-0.3, -0.25) is 4.79 Å². The highest BCUT2D eigenvalue weighted by molar-refractivity contribution is 5.90. The maximum atomic E-state index is 12.9. The minimum absolute atomic E-state index is 0.0139. The molecule has 1 aliphatic rings. The van der Waals surface area contributed by atoms with Gasteiger partial charge in [0.15, 0.2) is 0 Å². The topological polar surface area (TPSA) is 70.7 Å². The largest absolute Gasteiger partial charge is 0.497 e. The number of urea groups is 1. The molecule has 6 heteroatoms. The first kappa shape index (κ1) is 20.7. The highest BCUT2D eigenvalue weighted by Gasteiger charge is 2.39. The third-order valence-electron chi connectivity index (χ3n) is 5.45. The second-order valence-electron chi connectivity index (χ2n) is 7.91. The minimum atomic E-state index is -0.597. The number of aryl methyl sites for hydroxylation is 1. The Morgan fingerprint density at radius 2 is 1.79 bits per heavy atom. The summed E-state index contributed by atoms with van der Waals surface area (Å²) in [4.78, 5) is 27.3. The smallest absolute Gasteiger partial charge is 0.321 e. The average molecular weight is 396 g/mol. The molecule has 1 heterocycles. The fourth-order valence-corrected chi connectivity index (χ4v) is 3.58. The summed E-state index contributed by atoms with van der Waals surface area (Å²) in [6.45, 7) is 5.51. The van der Waals surface area contributed by atoms with Crippen LogP contribution in [-0.2, 0) is 11.3 Å². The van der Waals surface area contributed by atoms with E-state index in [9.17, 15) is 9.59 Å². The highest BCUT2D eigenvalue weighted by atomic mass is 16.5. The van der Waals surface area contributed by atoms with Gasteiger partial charge in [-0.1, -0.05) is 29.8 Å². The summed E-state index contributed by atoms with van der Waals surface area (Å²) in [5, 5.41) is 5.94. The molecule has 2 aromatic rings. The van der Waals surface area contributed by atoms with Crippen molar-refractivity contribution in [3.8, 4) is 5.75 Å². The van der Waals surface area contributed by atoms with Crippen LogP contribution in [0.3, 0.4) is 0 Å². The van der Waals surface area contributed by atoms with Gasteiger partial charge in [0.2, 0.25) is 5.91 Å². The molecule has 0 radical (unpaired) electrons. The van der Waals surface area contributed by atoms with Crippen molar-refractivity contribution in [1.29, 1.82) is 0 Å². The molecule has 1 atom stereocenters. The number of nitrogens with one attached hydrogen (secondary N) is 2. The molecule has 6 nitrogen and oxygen atoms in total. The van der Waals surface area contributed by atoms with Crippen molar-refractivity contribution < 1.29 is 14.3 Å². The van der Waals surface area contributed by atoms with Crippen molar-refractivity contribution >= 4 is 17.6 Å². The average Bonchev–Trinajstić information content (AvgIpc) is 2.73. The molecule has 2 aromatic carbocycles. The molecule has 3 rings (SSSR count). The van der Waals surface area contributed by atoms with Crippen molar-refractivity contribution in [2.75, 3.05) is 25.5 Å². The lowest BCUT2D eigenvalue weighted by Gasteiger charge is -2.39. The maximum absolute atomic E-state index is 12.9. The summed E-state index contributed by atoms with van der Waals surface area (Å²) < 4.78 is 5.14. The van der Waals surface area contributed by atoms with Gasteiger partial charge in [-0.25, -0.2) is 4.79 Å². The Labute approximate surface area is 172 Å². The van der Waals surface area contributed by atoms with Crippen LogP contribution in [0.1, 0.15) is 30.9 Å². The Kier molecular flexibility index (Phi) is 6.42. The van der Waals surface area contributed by atoms with E-state index in [0.717, 1.165) is 24.2 Å². The molecule has 0 bridgehead atoms. The third-order valence-corrected chi connectivity index (χ3v) is 5.45. The van der Waals surface area contributed by atoms with Crippen LogP contribution in [-0.4, -0.2) is 37.0 Å². The number of carbonyl (C=O) groups excluding carboxylic acids is 2. The van der Waals surface area contributed by atoms with Crippen molar-refractivity contribution in [2.45, 2.75) is 33.2 Å². The van der Waals surface area contributed by atoms with Crippen molar-refractivity contribution in [2.24, 2.45) is 5.41 Å². The van der Waals surface area contributed by atoms with Crippen LogP contribution in [0.15, 0.2) is 48.5 Å². The van der Waals surface area contributed by atoms with Crippen LogP contribution in [0.5, 0.6) is 5.75 Å². The predicted molar refractivity (Wildman–Crippen MR) is 114 cm³/mol. The molecule has 29 heavy (non-hydrogen) atoms. The van der Waals surface area contributed by atoms with Gasteiger partial charge in [0.25, 0.3) is 0 Å². The van der Waals surface area contributed by atoms with Crippen LogP contribution in [0.25, 0.3) is 0 Å². The number of amides is 3. The van der Waals surface area contributed by atoms with E-state index in [1.165, 1.54) is 5.56 Å². The van der Waals surface area contributed by atoms with Crippen LogP contribution in [0.4, 0.5) is 10.5 Å². The number of nitrogens with zero attached hydrogens (tertiary/aromatic N) is 1. The molecule has 0 saturated carbocycles. The highest BCUT2D eigenvalue weighted by Crippen LogP contribution is 2.30. The van der Waals surface area contributed by atoms with E-state index in [-0.39, 0.29) is 11.9 Å². The SMILES string of the molecule is COc1ccc(NC(=O)N2CCCC(C)(C(=O)NCc3ccc(C)cc3)C2)cc1. The maximum Gasteiger partial charge on any atom is 0.321 e. The van der Waals surface area contributed by atoms with E-state index in [2.05, 4.69) is 10.6 Å².